The molecule has 1 aromatic heterocycles. The third-order valence-electron chi connectivity index (χ3n) is 4.62. The van der Waals surface area contributed by atoms with Crippen molar-refractivity contribution in [2.75, 3.05) is 13.1 Å². The Labute approximate surface area is 139 Å². The molecule has 1 fully saturated rings. The van der Waals surface area contributed by atoms with Crippen LogP contribution in [0.1, 0.15) is 36.1 Å². The standard InChI is InChI=1S/C20H27N3/c1-17-6-4-7-18(14-17)15-23(16-19-8-2-3-12-22-19)20-9-5-11-21-13-10-20/h2-4,6-8,12,14,20-21H,5,9-11,13,15-16H2,1H3/t20-/m0/s1. The quantitative estimate of drug-likeness (QED) is 0.916. The minimum Gasteiger partial charge on any atom is -0.317 e. The molecule has 3 nitrogen and oxygen atoms in total. The Morgan fingerprint density at radius 3 is 2.87 bits per heavy atom. The molecule has 1 aliphatic heterocycles. The van der Waals surface area contributed by atoms with E-state index in [4.69, 9.17) is 0 Å². The first-order chi connectivity index (χ1) is 11.3. The molecule has 0 amide bonds. The SMILES string of the molecule is Cc1cccc(CN(Cc2ccccn2)[C@H]2CCCNCC2)c1. The monoisotopic (exact) mass is 309 g/mol. The average Bonchev–Trinajstić information content (AvgIpc) is 2.84. The van der Waals surface area contributed by atoms with Crippen molar-refractivity contribution in [3.63, 3.8) is 0 Å². The second kappa shape index (κ2) is 8.23. The van der Waals surface area contributed by atoms with Crippen molar-refractivity contribution in [2.24, 2.45) is 0 Å². The van der Waals surface area contributed by atoms with E-state index >= 15 is 0 Å². The smallest absolute Gasteiger partial charge is 0.0544 e. The van der Waals surface area contributed by atoms with Crippen LogP contribution in [0, 0.1) is 6.92 Å². The van der Waals surface area contributed by atoms with Gasteiger partial charge in [-0.05, 0) is 57.0 Å². The lowest BCUT2D eigenvalue weighted by atomic mass is 10.0. The van der Waals surface area contributed by atoms with Gasteiger partial charge in [-0.3, -0.25) is 9.88 Å². The summed E-state index contributed by atoms with van der Waals surface area (Å²) in [4.78, 5) is 7.15. The highest BCUT2D eigenvalue weighted by Gasteiger charge is 2.20. The number of rotatable bonds is 5. The van der Waals surface area contributed by atoms with Crippen molar-refractivity contribution in [3.8, 4) is 0 Å². The number of hydrogen-bond acceptors (Lipinski definition) is 3. The van der Waals surface area contributed by atoms with Gasteiger partial charge in [-0.1, -0.05) is 35.9 Å². The summed E-state index contributed by atoms with van der Waals surface area (Å²) in [6, 6.07) is 15.7. The minimum atomic E-state index is 0.632. The van der Waals surface area contributed by atoms with Crippen LogP contribution >= 0.6 is 0 Å². The second-order valence-electron chi connectivity index (χ2n) is 6.55. The summed E-state index contributed by atoms with van der Waals surface area (Å²) in [7, 11) is 0. The molecule has 0 bridgehead atoms. The van der Waals surface area contributed by atoms with E-state index in [0.29, 0.717) is 6.04 Å². The van der Waals surface area contributed by atoms with Crippen LogP contribution in [0.3, 0.4) is 0 Å². The summed E-state index contributed by atoms with van der Waals surface area (Å²) in [5.41, 5.74) is 3.90. The molecule has 1 aromatic carbocycles. The summed E-state index contributed by atoms with van der Waals surface area (Å²) >= 11 is 0. The Kier molecular flexibility index (Phi) is 5.78. The maximum Gasteiger partial charge on any atom is 0.0544 e. The van der Waals surface area contributed by atoms with Crippen molar-refractivity contribution in [1.82, 2.24) is 15.2 Å². The molecule has 1 aliphatic rings. The molecule has 1 atom stereocenters. The molecular weight excluding hydrogens is 282 g/mol. The topological polar surface area (TPSA) is 28.2 Å². The highest BCUT2D eigenvalue weighted by molar-refractivity contribution is 5.22. The highest BCUT2D eigenvalue weighted by atomic mass is 15.2. The highest BCUT2D eigenvalue weighted by Crippen LogP contribution is 2.19. The summed E-state index contributed by atoms with van der Waals surface area (Å²) < 4.78 is 0. The van der Waals surface area contributed by atoms with Crippen molar-refractivity contribution in [1.29, 1.82) is 0 Å². The lowest BCUT2D eigenvalue weighted by molar-refractivity contribution is 0.162. The van der Waals surface area contributed by atoms with E-state index in [9.17, 15) is 0 Å². The van der Waals surface area contributed by atoms with Crippen molar-refractivity contribution >= 4 is 0 Å². The molecule has 0 aliphatic carbocycles. The fourth-order valence-corrected chi connectivity index (χ4v) is 3.42. The Hall–Kier alpha value is -1.71. The van der Waals surface area contributed by atoms with E-state index in [-0.39, 0.29) is 0 Å². The maximum absolute atomic E-state index is 4.54. The van der Waals surface area contributed by atoms with Gasteiger partial charge in [0.1, 0.15) is 0 Å². The predicted molar refractivity (Wildman–Crippen MR) is 95.2 cm³/mol. The number of hydrogen-bond donors (Lipinski definition) is 1. The molecular formula is C20H27N3. The van der Waals surface area contributed by atoms with E-state index in [0.717, 1.165) is 31.9 Å². The van der Waals surface area contributed by atoms with Crippen LogP contribution < -0.4 is 5.32 Å². The zero-order valence-corrected chi connectivity index (χ0v) is 14.0. The van der Waals surface area contributed by atoms with Gasteiger partial charge in [0.25, 0.3) is 0 Å². The van der Waals surface area contributed by atoms with Crippen LogP contribution in [-0.4, -0.2) is 29.0 Å². The first-order valence-electron chi connectivity index (χ1n) is 8.71. The largest absolute Gasteiger partial charge is 0.317 e. The normalized spacial score (nSPS) is 18.8. The van der Waals surface area contributed by atoms with Crippen LogP contribution in [0.2, 0.25) is 0 Å². The van der Waals surface area contributed by atoms with Crippen molar-refractivity contribution in [2.45, 2.75) is 45.3 Å². The molecule has 0 spiro atoms. The van der Waals surface area contributed by atoms with Gasteiger partial charge in [0, 0.05) is 25.3 Å². The summed E-state index contributed by atoms with van der Waals surface area (Å²) in [5, 5.41) is 3.53. The third kappa shape index (κ3) is 4.88. The van der Waals surface area contributed by atoms with Gasteiger partial charge in [0.15, 0.2) is 0 Å². The Morgan fingerprint density at radius 1 is 1.09 bits per heavy atom. The van der Waals surface area contributed by atoms with E-state index in [1.165, 1.54) is 30.4 Å². The average molecular weight is 309 g/mol. The third-order valence-corrected chi connectivity index (χ3v) is 4.62. The Balaban J connectivity index is 1.77. The van der Waals surface area contributed by atoms with E-state index < -0.39 is 0 Å². The first kappa shape index (κ1) is 16.2. The fourth-order valence-electron chi connectivity index (χ4n) is 3.42. The van der Waals surface area contributed by atoms with Gasteiger partial charge in [-0.2, -0.15) is 0 Å². The van der Waals surface area contributed by atoms with Crippen LogP contribution in [0.5, 0.6) is 0 Å². The molecule has 1 N–H and O–H groups in total. The van der Waals surface area contributed by atoms with Crippen molar-refractivity contribution in [3.05, 3.63) is 65.5 Å². The van der Waals surface area contributed by atoms with Crippen LogP contribution in [0.15, 0.2) is 48.7 Å². The summed E-state index contributed by atoms with van der Waals surface area (Å²) in [6.07, 6.45) is 5.65. The number of benzene rings is 1. The van der Waals surface area contributed by atoms with Gasteiger partial charge in [-0.15, -0.1) is 0 Å². The number of aryl methyl sites for hydroxylation is 1. The van der Waals surface area contributed by atoms with Gasteiger partial charge in [0.05, 0.1) is 5.69 Å². The number of nitrogens with one attached hydrogen (secondary N) is 1. The zero-order valence-electron chi connectivity index (χ0n) is 14.0. The number of aromatic nitrogens is 1. The fraction of sp³-hybridized carbons (Fsp3) is 0.450. The van der Waals surface area contributed by atoms with Gasteiger partial charge in [-0.25, -0.2) is 0 Å². The minimum absolute atomic E-state index is 0.632. The zero-order chi connectivity index (χ0) is 15.9. The summed E-state index contributed by atoms with van der Waals surface area (Å²) in [6.45, 7) is 6.38. The van der Waals surface area contributed by atoms with E-state index in [2.05, 4.69) is 58.5 Å². The maximum atomic E-state index is 4.54. The van der Waals surface area contributed by atoms with Gasteiger partial charge in [0.2, 0.25) is 0 Å². The second-order valence-corrected chi connectivity index (χ2v) is 6.55. The molecule has 0 saturated carbocycles. The Morgan fingerprint density at radius 2 is 2.04 bits per heavy atom. The summed E-state index contributed by atoms with van der Waals surface area (Å²) in [5.74, 6) is 0. The number of nitrogens with zero attached hydrogens (tertiary/aromatic N) is 2. The molecule has 3 rings (SSSR count). The van der Waals surface area contributed by atoms with Gasteiger partial charge < -0.3 is 5.32 Å². The lowest BCUT2D eigenvalue weighted by Gasteiger charge is -2.31. The molecule has 0 radical (unpaired) electrons. The van der Waals surface area contributed by atoms with Crippen molar-refractivity contribution < 1.29 is 0 Å². The van der Waals surface area contributed by atoms with Crippen LogP contribution in [0.4, 0.5) is 0 Å². The predicted octanol–water partition coefficient (Wildman–Crippen LogP) is 3.53. The molecule has 122 valence electrons. The molecule has 2 aromatic rings. The Bertz CT molecular complexity index is 589. The molecule has 1 saturated heterocycles. The van der Waals surface area contributed by atoms with E-state index in [1.807, 2.05) is 12.3 Å². The van der Waals surface area contributed by atoms with E-state index in [1.54, 1.807) is 0 Å². The van der Waals surface area contributed by atoms with Crippen LogP contribution in [0.25, 0.3) is 0 Å². The molecule has 0 unspecified atom stereocenters. The molecule has 23 heavy (non-hydrogen) atoms. The number of pyridine rings is 1. The first-order valence-corrected chi connectivity index (χ1v) is 8.71. The lowest BCUT2D eigenvalue weighted by Crippen LogP contribution is -2.35. The molecule has 2 heterocycles. The van der Waals surface area contributed by atoms with Crippen LogP contribution in [-0.2, 0) is 13.1 Å². The molecule has 3 heteroatoms. The van der Waals surface area contributed by atoms with Gasteiger partial charge >= 0.3 is 0 Å².